The Balaban J connectivity index is 1.64. The summed E-state index contributed by atoms with van der Waals surface area (Å²) in [4.78, 5) is 23.8. The van der Waals surface area contributed by atoms with Gasteiger partial charge in [-0.1, -0.05) is 65.9 Å². The molecule has 0 saturated carbocycles. The van der Waals surface area contributed by atoms with Crippen LogP contribution in [0.1, 0.15) is 22.3 Å². The lowest BCUT2D eigenvalue weighted by Crippen LogP contribution is -2.23. The third kappa shape index (κ3) is 3.89. The Labute approximate surface area is 188 Å². The fourth-order valence-corrected chi connectivity index (χ4v) is 5.68. The van der Waals surface area contributed by atoms with Crippen molar-refractivity contribution in [1.29, 1.82) is 0 Å². The molecule has 2 aromatic carbocycles. The highest BCUT2D eigenvalue weighted by atomic mass is 32.2. The molecule has 0 aliphatic heterocycles. The minimum atomic E-state index is 0.000795. The second kappa shape index (κ2) is 8.29. The van der Waals surface area contributed by atoms with Crippen LogP contribution < -0.4 is 5.56 Å². The molecule has 0 saturated heterocycles. The first-order valence-corrected chi connectivity index (χ1v) is 11.9. The topological polar surface area (TPSA) is 47.8 Å². The molecule has 5 aromatic rings. The highest BCUT2D eigenvalue weighted by Gasteiger charge is 2.17. The van der Waals surface area contributed by atoms with Crippen LogP contribution in [0.25, 0.3) is 20.4 Å². The van der Waals surface area contributed by atoms with Crippen LogP contribution in [0.2, 0.25) is 0 Å². The number of thiophene rings is 1. The Morgan fingerprint density at radius 2 is 1.81 bits per heavy atom. The number of hydrogen-bond donors (Lipinski definition) is 0. The molecule has 0 atom stereocenters. The smallest absolute Gasteiger partial charge is 0.272 e. The molecule has 0 aliphatic carbocycles. The van der Waals surface area contributed by atoms with E-state index in [1.807, 2.05) is 22.8 Å². The predicted molar refractivity (Wildman–Crippen MR) is 130 cm³/mol. The van der Waals surface area contributed by atoms with Crippen LogP contribution in [0.15, 0.2) is 76.8 Å². The van der Waals surface area contributed by atoms with Gasteiger partial charge in [-0.2, -0.15) is 0 Å². The Morgan fingerprint density at radius 1 is 1.00 bits per heavy atom. The van der Waals surface area contributed by atoms with Gasteiger partial charge >= 0.3 is 0 Å². The monoisotopic (exact) mass is 443 g/mol. The lowest BCUT2D eigenvalue weighted by molar-refractivity contribution is 0.659. The fraction of sp³-hybridized carbons (Fsp3) is 0.160. The second-order valence-electron chi connectivity index (χ2n) is 7.62. The molecular weight excluding hydrogens is 422 g/mol. The van der Waals surface area contributed by atoms with Crippen molar-refractivity contribution in [3.8, 4) is 0 Å². The molecule has 3 aromatic heterocycles. The lowest BCUT2D eigenvalue weighted by Gasteiger charge is -2.13. The first kappa shape index (κ1) is 20.0. The Morgan fingerprint density at radius 3 is 2.61 bits per heavy atom. The van der Waals surface area contributed by atoms with Crippen LogP contribution in [-0.4, -0.2) is 14.5 Å². The fourth-order valence-electron chi connectivity index (χ4n) is 3.58. The van der Waals surface area contributed by atoms with E-state index in [0.29, 0.717) is 11.2 Å². The van der Waals surface area contributed by atoms with Gasteiger partial charge in [-0.25, -0.2) is 9.97 Å². The van der Waals surface area contributed by atoms with E-state index >= 15 is 0 Å². The third-order valence-corrected chi connectivity index (χ3v) is 7.51. The second-order valence-corrected chi connectivity index (χ2v) is 9.56. The summed E-state index contributed by atoms with van der Waals surface area (Å²) in [7, 11) is 0. The number of rotatable bonds is 5. The number of aromatic nitrogens is 3. The van der Waals surface area contributed by atoms with Crippen LogP contribution in [0.3, 0.4) is 0 Å². The molecule has 0 unspecified atom stereocenters. The van der Waals surface area contributed by atoms with Crippen molar-refractivity contribution in [2.24, 2.45) is 0 Å². The maximum atomic E-state index is 13.6. The van der Waals surface area contributed by atoms with Crippen LogP contribution in [0, 0.1) is 13.8 Å². The average Bonchev–Trinajstić information content (AvgIpc) is 3.16. The van der Waals surface area contributed by atoms with Gasteiger partial charge in [-0.15, -0.1) is 11.3 Å². The maximum absolute atomic E-state index is 13.6. The van der Waals surface area contributed by atoms with Crippen LogP contribution in [0.4, 0.5) is 0 Å². The minimum Gasteiger partial charge on any atom is -0.282 e. The quantitative estimate of drug-likeness (QED) is 0.248. The summed E-state index contributed by atoms with van der Waals surface area (Å²) in [5.74, 6) is 0.763. The summed E-state index contributed by atoms with van der Waals surface area (Å²) in [6.07, 6.45) is 1.76. The molecule has 0 N–H and O–H groups in total. The number of aryl methyl sites for hydroxylation is 2. The molecule has 0 aliphatic rings. The molecule has 0 bridgehead atoms. The Kier molecular flexibility index (Phi) is 5.34. The molecule has 0 radical (unpaired) electrons. The third-order valence-electron chi connectivity index (χ3n) is 5.40. The van der Waals surface area contributed by atoms with Gasteiger partial charge in [0.2, 0.25) is 0 Å². The zero-order valence-electron chi connectivity index (χ0n) is 17.3. The van der Waals surface area contributed by atoms with Gasteiger partial charge in [0.25, 0.3) is 5.56 Å². The number of thioether (sulfide) groups is 1. The summed E-state index contributed by atoms with van der Waals surface area (Å²) >= 11 is 3.04. The number of benzene rings is 2. The van der Waals surface area contributed by atoms with E-state index in [4.69, 9.17) is 4.98 Å². The van der Waals surface area contributed by atoms with Crippen molar-refractivity contribution in [2.45, 2.75) is 31.3 Å². The van der Waals surface area contributed by atoms with Crippen molar-refractivity contribution < 1.29 is 0 Å². The summed E-state index contributed by atoms with van der Waals surface area (Å²) in [5, 5.41) is 1.68. The van der Waals surface area contributed by atoms with Gasteiger partial charge < -0.3 is 0 Å². The highest BCUT2D eigenvalue weighted by molar-refractivity contribution is 7.98. The number of pyridine rings is 1. The zero-order chi connectivity index (χ0) is 21.4. The van der Waals surface area contributed by atoms with Crippen LogP contribution in [0.5, 0.6) is 0 Å². The van der Waals surface area contributed by atoms with E-state index in [0.717, 1.165) is 32.2 Å². The molecule has 6 heteroatoms. The van der Waals surface area contributed by atoms with E-state index in [2.05, 4.69) is 61.3 Å². The molecule has 154 valence electrons. The van der Waals surface area contributed by atoms with Gasteiger partial charge in [0, 0.05) is 17.3 Å². The normalized spacial score (nSPS) is 11.4. The summed E-state index contributed by atoms with van der Waals surface area (Å²) < 4.78 is 2.48. The SMILES string of the molecule is Cc1ccc(Cn2c(SCc3ccccc3C)nc3c(sc4ncccc43)c2=O)cc1. The maximum Gasteiger partial charge on any atom is 0.272 e. The molecular formula is C25H21N3OS2. The van der Waals surface area contributed by atoms with Gasteiger partial charge in [0.1, 0.15) is 9.53 Å². The highest BCUT2D eigenvalue weighted by Crippen LogP contribution is 2.31. The number of fused-ring (bicyclic) bond motifs is 3. The van der Waals surface area contributed by atoms with Gasteiger partial charge in [0.05, 0.1) is 12.1 Å². The summed E-state index contributed by atoms with van der Waals surface area (Å²) in [6, 6.07) is 20.6. The van der Waals surface area contributed by atoms with Gasteiger partial charge in [-0.3, -0.25) is 9.36 Å². The van der Waals surface area contributed by atoms with E-state index < -0.39 is 0 Å². The van der Waals surface area contributed by atoms with Gasteiger partial charge in [-0.05, 0) is 42.7 Å². The first-order chi connectivity index (χ1) is 15.1. The van der Waals surface area contributed by atoms with Crippen LogP contribution >= 0.6 is 23.1 Å². The first-order valence-electron chi connectivity index (χ1n) is 10.1. The van der Waals surface area contributed by atoms with Crippen molar-refractivity contribution in [1.82, 2.24) is 14.5 Å². The van der Waals surface area contributed by atoms with E-state index in [1.165, 1.54) is 28.0 Å². The molecule has 3 heterocycles. The summed E-state index contributed by atoms with van der Waals surface area (Å²) in [5.41, 5.74) is 5.54. The van der Waals surface area contributed by atoms with Crippen LogP contribution in [-0.2, 0) is 12.3 Å². The average molecular weight is 444 g/mol. The largest absolute Gasteiger partial charge is 0.282 e. The zero-order valence-corrected chi connectivity index (χ0v) is 19.0. The number of nitrogens with zero attached hydrogens (tertiary/aromatic N) is 3. The van der Waals surface area contributed by atoms with E-state index in [9.17, 15) is 4.79 Å². The van der Waals surface area contributed by atoms with Gasteiger partial charge in [0.15, 0.2) is 5.16 Å². The lowest BCUT2D eigenvalue weighted by atomic mass is 10.1. The van der Waals surface area contributed by atoms with E-state index in [1.54, 1.807) is 18.0 Å². The number of hydrogen-bond acceptors (Lipinski definition) is 5. The molecule has 0 amide bonds. The molecule has 0 spiro atoms. The van der Waals surface area contributed by atoms with Crippen molar-refractivity contribution in [3.05, 3.63) is 99.5 Å². The molecule has 4 nitrogen and oxygen atoms in total. The van der Waals surface area contributed by atoms with E-state index in [-0.39, 0.29) is 5.56 Å². The van der Waals surface area contributed by atoms with Crippen molar-refractivity contribution >= 4 is 43.5 Å². The predicted octanol–water partition coefficient (Wildman–Crippen LogP) is 5.96. The molecule has 5 rings (SSSR count). The van der Waals surface area contributed by atoms with Crippen molar-refractivity contribution in [3.63, 3.8) is 0 Å². The summed E-state index contributed by atoms with van der Waals surface area (Å²) in [6.45, 7) is 4.68. The molecule has 0 fully saturated rings. The Hall–Kier alpha value is -2.96. The Bertz CT molecular complexity index is 1450. The minimum absolute atomic E-state index is 0.000795. The van der Waals surface area contributed by atoms with Crippen molar-refractivity contribution in [2.75, 3.05) is 0 Å². The molecule has 31 heavy (non-hydrogen) atoms. The standard InChI is InChI=1S/C25H21N3OS2/c1-16-9-11-18(12-10-16)14-28-24(29)22-21(20-8-5-13-26-23(20)31-22)27-25(28)30-15-19-7-4-3-6-17(19)2/h3-13H,14-15H2,1-2H3.